The van der Waals surface area contributed by atoms with Crippen molar-refractivity contribution in [3.05, 3.63) is 74.5 Å². The number of rotatable bonds is 6. The van der Waals surface area contributed by atoms with Gasteiger partial charge in [0, 0.05) is 0 Å². The first-order chi connectivity index (χ1) is 13.6. The fraction of sp³-hybridized carbons (Fsp3) is 0.286. The molecule has 0 heterocycles. The van der Waals surface area contributed by atoms with Gasteiger partial charge in [-0.1, -0.05) is 48.3 Å². The van der Waals surface area contributed by atoms with E-state index in [1.807, 2.05) is 6.92 Å². The molecule has 2 aromatic carbocycles. The van der Waals surface area contributed by atoms with E-state index in [9.17, 15) is 22.4 Å². The number of esters is 1. The van der Waals surface area contributed by atoms with E-state index in [0.717, 1.165) is 18.2 Å². The Morgan fingerprint density at radius 2 is 1.72 bits per heavy atom. The number of aryl methyl sites for hydroxylation is 1. The number of allylic oxidation sites excluding steroid dienone is 2. The number of carbonyl (C=O) groups is 1. The van der Waals surface area contributed by atoms with E-state index in [-0.39, 0.29) is 18.6 Å². The Morgan fingerprint density at radius 1 is 1.10 bits per heavy atom. The number of benzene rings is 2. The van der Waals surface area contributed by atoms with Crippen LogP contribution >= 0.6 is 23.2 Å². The van der Waals surface area contributed by atoms with Crippen LogP contribution in [0.1, 0.15) is 40.9 Å². The normalized spacial score (nSPS) is 12.2. The molecule has 0 aliphatic heterocycles. The van der Waals surface area contributed by atoms with Gasteiger partial charge in [-0.15, -0.1) is 0 Å². The first-order valence-corrected chi connectivity index (χ1v) is 9.55. The summed E-state index contributed by atoms with van der Waals surface area (Å²) in [5.41, 5.74) is 0.337. The van der Waals surface area contributed by atoms with Crippen molar-refractivity contribution in [2.75, 3.05) is 6.61 Å². The van der Waals surface area contributed by atoms with Crippen molar-refractivity contribution in [2.24, 2.45) is 0 Å². The monoisotopic (exact) mass is 448 g/mol. The quantitative estimate of drug-likeness (QED) is 0.268. The first-order valence-electron chi connectivity index (χ1n) is 8.79. The summed E-state index contributed by atoms with van der Waals surface area (Å²) in [5, 5.41) is -0.982. The van der Waals surface area contributed by atoms with Gasteiger partial charge in [0.05, 0.1) is 27.8 Å². The van der Waals surface area contributed by atoms with Crippen LogP contribution in [0.15, 0.2) is 36.4 Å². The second kappa shape index (κ2) is 9.63. The molecule has 0 bridgehead atoms. The molecule has 0 unspecified atom stereocenters. The summed E-state index contributed by atoms with van der Waals surface area (Å²) >= 11 is 11.3. The van der Waals surface area contributed by atoms with Crippen LogP contribution in [0.5, 0.6) is 0 Å². The van der Waals surface area contributed by atoms with Gasteiger partial charge in [-0.2, -0.15) is 13.2 Å². The maximum atomic E-state index is 13.6. The van der Waals surface area contributed by atoms with Crippen LogP contribution in [0.2, 0.25) is 10.0 Å². The molecule has 0 aliphatic carbocycles. The minimum atomic E-state index is -4.69. The largest absolute Gasteiger partial charge is 0.462 e. The number of ether oxygens (including phenoxy) is 1. The van der Waals surface area contributed by atoms with E-state index in [2.05, 4.69) is 0 Å². The number of alkyl halides is 3. The van der Waals surface area contributed by atoms with Gasteiger partial charge in [-0.25, -0.2) is 9.18 Å². The van der Waals surface area contributed by atoms with Crippen LogP contribution in [0.25, 0.3) is 5.57 Å². The summed E-state index contributed by atoms with van der Waals surface area (Å²) < 4.78 is 59.2. The molecule has 0 N–H and O–H groups in total. The SMILES string of the molecule is CCOC(=O)c1ccc(CC=C(c2cc(Cl)c(F)c(Cl)c2)C(F)(F)F)cc1CC. The van der Waals surface area contributed by atoms with Crippen LogP contribution in [0, 0.1) is 5.82 Å². The zero-order valence-corrected chi connectivity index (χ0v) is 17.2. The van der Waals surface area contributed by atoms with Crippen molar-refractivity contribution < 1.29 is 27.1 Å². The predicted octanol–water partition coefficient (Wildman–Crippen LogP) is 7.06. The average molecular weight is 449 g/mol. The van der Waals surface area contributed by atoms with E-state index in [4.69, 9.17) is 27.9 Å². The predicted molar refractivity (Wildman–Crippen MR) is 106 cm³/mol. The number of carbonyl (C=O) groups excluding carboxylic acids is 1. The molecule has 0 spiro atoms. The summed E-state index contributed by atoms with van der Waals surface area (Å²) in [6.45, 7) is 3.75. The summed E-state index contributed by atoms with van der Waals surface area (Å²) in [5.74, 6) is -1.45. The highest BCUT2D eigenvalue weighted by Gasteiger charge is 2.35. The van der Waals surface area contributed by atoms with Crippen molar-refractivity contribution >= 4 is 34.7 Å². The Bertz CT molecular complexity index is 914. The van der Waals surface area contributed by atoms with Gasteiger partial charge in [0.25, 0.3) is 0 Å². The summed E-state index contributed by atoms with van der Waals surface area (Å²) in [6, 6.07) is 6.56. The Morgan fingerprint density at radius 3 is 2.24 bits per heavy atom. The van der Waals surface area contributed by atoms with Crippen LogP contribution in [0.4, 0.5) is 17.6 Å². The second-order valence-corrected chi connectivity index (χ2v) is 6.95. The maximum Gasteiger partial charge on any atom is 0.416 e. The van der Waals surface area contributed by atoms with E-state index < -0.39 is 33.6 Å². The lowest BCUT2D eigenvalue weighted by Crippen LogP contribution is -2.12. The van der Waals surface area contributed by atoms with Crippen molar-refractivity contribution in [2.45, 2.75) is 32.9 Å². The van der Waals surface area contributed by atoms with Crippen molar-refractivity contribution in [3.63, 3.8) is 0 Å². The molecule has 0 aromatic heterocycles. The van der Waals surface area contributed by atoms with Crippen LogP contribution in [-0.2, 0) is 17.6 Å². The number of hydrogen-bond acceptors (Lipinski definition) is 2. The molecule has 8 heteroatoms. The molecule has 2 rings (SSSR count). The molecule has 0 atom stereocenters. The van der Waals surface area contributed by atoms with E-state index >= 15 is 0 Å². The van der Waals surface area contributed by atoms with Gasteiger partial charge in [0.2, 0.25) is 0 Å². The lowest BCUT2D eigenvalue weighted by atomic mass is 9.98. The fourth-order valence-electron chi connectivity index (χ4n) is 2.80. The zero-order chi connectivity index (χ0) is 21.8. The standard InChI is InChI=1S/C21H18Cl2F4O2/c1-3-13-9-12(5-7-15(13)20(28)29-4-2)6-8-16(21(25,26)27)14-10-17(22)19(24)18(23)11-14/h5,7-11H,3-4,6H2,1-2H3. The van der Waals surface area contributed by atoms with Crippen LogP contribution in [-0.4, -0.2) is 18.8 Å². The molecular weight excluding hydrogens is 431 g/mol. The van der Waals surface area contributed by atoms with Crippen LogP contribution in [0.3, 0.4) is 0 Å². The minimum absolute atomic E-state index is 0.0580. The van der Waals surface area contributed by atoms with Crippen molar-refractivity contribution in [3.8, 4) is 0 Å². The smallest absolute Gasteiger partial charge is 0.416 e. The summed E-state index contributed by atoms with van der Waals surface area (Å²) in [4.78, 5) is 12.0. The van der Waals surface area contributed by atoms with E-state index in [0.29, 0.717) is 23.1 Å². The van der Waals surface area contributed by atoms with Crippen molar-refractivity contribution in [1.29, 1.82) is 0 Å². The zero-order valence-electron chi connectivity index (χ0n) is 15.7. The minimum Gasteiger partial charge on any atom is -0.462 e. The molecule has 0 fully saturated rings. The van der Waals surface area contributed by atoms with Gasteiger partial charge in [0.15, 0.2) is 5.82 Å². The molecule has 156 valence electrons. The molecule has 0 radical (unpaired) electrons. The lowest BCUT2D eigenvalue weighted by Gasteiger charge is -2.14. The van der Waals surface area contributed by atoms with Gasteiger partial charge in [-0.05, 0) is 54.7 Å². The molecule has 0 saturated heterocycles. The average Bonchev–Trinajstić information content (AvgIpc) is 2.65. The Balaban J connectivity index is 2.41. The van der Waals surface area contributed by atoms with E-state index in [1.165, 1.54) is 0 Å². The van der Waals surface area contributed by atoms with Gasteiger partial charge < -0.3 is 4.74 Å². The Kier molecular flexibility index (Phi) is 7.72. The number of halogens is 6. The molecular formula is C21H18Cl2F4O2. The third-order valence-corrected chi connectivity index (χ3v) is 4.74. The molecule has 2 nitrogen and oxygen atoms in total. The summed E-state index contributed by atoms with van der Waals surface area (Å²) in [7, 11) is 0. The molecule has 0 amide bonds. The Hall–Kier alpha value is -2.05. The third-order valence-electron chi connectivity index (χ3n) is 4.19. The topological polar surface area (TPSA) is 26.3 Å². The fourth-order valence-corrected chi connectivity index (χ4v) is 3.29. The van der Waals surface area contributed by atoms with Gasteiger partial charge >= 0.3 is 12.1 Å². The third kappa shape index (κ3) is 5.73. The highest BCUT2D eigenvalue weighted by atomic mass is 35.5. The highest BCUT2D eigenvalue weighted by Crippen LogP contribution is 2.37. The first kappa shape index (κ1) is 23.2. The molecule has 29 heavy (non-hydrogen) atoms. The molecule has 0 aliphatic rings. The molecule has 2 aromatic rings. The lowest BCUT2D eigenvalue weighted by molar-refractivity contribution is -0.0690. The van der Waals surface area contributed by atoms with E-state index in [1.54, 1.807) is 25.1 Å². The second-order valence-electron chi connectivity index (χ2n) is 6.14. The van der Waals surface area contributed by atoms with Crippen LogP contribution < -0.4 is 0 Å². The van der Waals surface area contributed by atoms with Gasteiger partial charge in [-0.3, -0.25) is 0 Å². The molecule has 0 saturated carbocycles. The van der Waals surface area contributed by atoms with Crippen molar-refractivity contribution in [1.82, 2.24) is 0 Å². The highest BCUT2D eigenvalue weighted by molar-refractivity contribution is 6.35. The number of hydrogen-bond donors (Lipinski definition) is 0. The maximum absolute atomic E-state index is 13.6. The Labute approximate surface area is 176 Å². The van der Waals surface area contributed by atoms with Gasteiger partial charge in [0.1, 0.15) is 0 Å². The summed E-state index contributed by atoms with van der Waals surface area (Å²) in [6.07, 6.45) is -3.25.